The van der Waals surface area contributed by atoms with Crippen LogP contribution >= 0.6 is 0 Å². The van der Waals surface area contributed by atoms with Gasteiger partial charge in [-0.15, -0.1) is 0 Å². The third kappa shape index (κ3) is 5.10. The minimum absolute atomic E-state index is 0.0666. The lowest BCUT2D eigenvalue weighted by molar-refractivity contribution is -0.385. The fourth-order valence-electron chi connectivity index (χ4n) is 2.52. The number of esters is 1. The monoisotopic (exact) mass is 416 g/mol. The zero-order chi connectivity index (χ0) is 22.4. The summed E-state index contributed by atoms with van der Waals surface area (Å²) in [5.74, 6) is -1.77. The van der Waals surface area contributed by atoms with Crippen molar-refractivity contribution in [1.29, 1.82) is 0 Å². The van der Waals surface area contributed by atoms with Gasteiger partial charge in [0, 0.05) is 17.3 Å². The van der Waals surface area contributed by atoms with E-state index < -0.39 is 34.2 Å². The second-order valence-corrected chi connectivity index (χ2v) is 6.16. The van der Waals surface area contributed by atoms with Crippen LogP contribution in [0.3, 0.4) is 0 Å². The Hall–Kier alpha value is -3.95. The zero-order valence-electron chi connectivity index (χ0n) is 16.8. The standard InChI is InChI=1S/C20H20N2O8/c1-11(23)13-6-5-7-14(8-13)21-19(24)12(2)30-20(25)15-9-17(28-3)18(29-4)10-16(15)22(26)27/h5-10,12H,1-4H3,(H,21,24)/t12-/m0/s1. The molecule has 1 atom stereocenters. The largest absolute Gasteiger partial charge is 0.493 e. The number of nitrogens with one attached hydrogen (secondary N) is 1. The predicted molar refractivity (Wildman–Crippen MR) is 106 cm³/mol. The molecule has 0 saturated carbocycles. The van der Waals surface area contributed by atoms with E-state index in [0.29, 0.717) is 11.3 Å². The Balaban J connectivity index is 2.20. The minimum Gasteiger partial charge on any atom is -0.493 e. The highest BCUT2D eigenvalue weighted by atomic mass is 16.6. The summed E-state index contributed by atoms with van der Waals surface area (Å²) >= 11 is 0. The van der Waals surface area contributed by atoms with Crippen molar-refractivity contribution in [3.63, 3.8) is 0 Å². The second kappa shape index (κ2) is 9.50. The van der Waals surface area contributed by atoms with E-state index in [1.54, 1.807) is 18.2 Å². The molecule has 0 spiro atoms. The van der Waals surface area contributed by atoms with Crippen molar-refractivity contribution in [3.8, 4) is 11.5 Å². The summed E-state index contributed by atoms with van der Waals surface area (Å²) in [6.45, 7) is 2.70. The Bertz CT molecular complexity index is 1000. The van der Waals surface area contributed by atoms with E-state index in [-0.39, 0.29) is 17.3 Å². The molecule has 30 heavy (non-hydrogen) atoms. The molecular formula is C20H20N2O8. The molecule has 0 aliphatic rings. The van der Waals surface area contributed by atoms with E-state index >= 15 is 0 Å². The van der Waals surface area contributed by atoms with Crippen molar-refractivity contribution < 1.29 is 33.5 Å². The van der Waals surface area contributed by atoms with Crippen LogP contribution in [0.4, 0.5) is 11.4 Å². The number of amides is 1. The molecule has 1 amide bonds. The first-order chi connectivity index (χ1) is 14.2. The molecule has 0 radical (unpaired) electrons. The maximum Gasteiger partial charge on any atom is 0.346 e. The second-order valence-electron chi connectivity index (χ2n) is 6.16. The summed E-state index contributed by atoms with van der Waals surface area (Å²) < 4.78 is 15.2. The zero-order valence-corrected chi connectivity index (χ0v) is 16.8. The van der Waals surface area contributed by atoms with E-state index in [1.807, 2.05) is 0 Å². The minimum atomic E-state index is -1.27. The van der Waals surface area contributed by atoms with Crippen molar-refractivity contribution >= 4 is 29.0 Å². The fourth-order valence-corrected chi connectivity index (χ4v) is 2.52. The number of nitro benzene ring substituents is 1. The van der Waals surface area contributed by atoms with Crippen LogP contribution in [-0.4, -0.2) is 42.9 Å². The van der Waals surface area contributed by atoms with Gasteiger partial charge < -0.3 is 19.5 Å². The van der Waals surface area contributed by atoms with Crippen LogP contribution in [0.25, 0.3) is 0 Å². The molecule has 1 N–H and O–H groups in total. The van der Waals surface area contributed by atoms with Gasteiger partial charge in [-0.05, 0) is 26.0 Å². The Kier molecular flexibility index (Phi) is 7.08. The van der Waals surface area contributed by atoms with Gasteiger partial charge in [0.1, 0.15) is 5.56 Å². The maximum atomic E-state index is 12.5. The van der Waals surface area contributed by atoms with Crippen molar-refractivity contribution in [1.82, 2.24) is 0 Å². The first-order valence-corrected chi connectivity index (χ1v) is 8.71. The van der Waals surface area contributed by atoms with Crippen molar-refractivity contribution in [3.05, 3.63) is 57.6 Å². The summed E-state index contributed by atoms with van der Waals surface area (Å²) in [7, 11) is 2.61. The number of benzene rings is 2. The maximum absolute atomic E-state index is 12.5. The number of nitrogens with zero attached hydrogens (tertiary/aromatic N) is 1. The number of nitro groups is 1. The first-order valence-electron chi connectivity index (χ1n) is 8.71. The van der Waals surface area contributed by atoms with Crippen LogP contribution in [0, 0.1) is 10.1 Å². The summed E-state index contributed by atoms with van der Waals surface area (Å²) in [5, 5.41) is 13.9. The molecule has 0 heterocycles. The number of anilines is 1. The topological polar surface area (TPSA) is 134 Å². The molecule has 0 unspecified atom stereocenters. The molecule has 0 saturated heterocycles. The molecule has 0 aliphatic carbocycles. The fraction of sp³-hybridized carbons (Fsp3) is 0.250. The lowest BCUT2D eigenvalue weighted by Gasteiger charge is -2.15. The van der Waals surface area contributed by atoms with Gasteiger partial charge in [0.15, 0.2) is 23.4 Å². The van der Waals surface area contributed by atoms with E-state index in [9.17, 15) is 24.5 Å². The SMILES string of the molecule is COc1cc(C(=O)O[C@@H](C)C(=O)Nc2cccc(C(C)=O)c2)c([N+](=O)[O-])cc1OC. The summed E-state index contributed by atoms with van der Waals surface area (Å²) in [4.78, 5) is 46.9. The molecule has 0 aliphatic heterocycles. The molecule has 0 aromatic heterocycles. The average Bonchev–Trinajstić information content (AvgIpc) is 2.72. The van der Waals surface area contributed by atoms with Gasteiger partial charge >= 0.3 is 5.97 Å². The molecule has 2 aromatic rings. The van der Waals surface area contributed by atoms with E-state index in [1.165, 1.54) is 34.1 Å². The van der Waals surface area contributed by atoms with Crippen molar-refractivity contribution in [2.24, 2.45) is 0 Å². The predicted octanol–water partition coefficient (Wildman–Crippen LogP) is 3.00. The number of ketones is 1. The lowest BCUT2D eigenvalue weighted by atomic mass is 10.1. The number of hydrogen-bond acceptors (Lipinski definition) is 8. The Morgan fingerprint density at radius 1 is 1.07 bits per heavy atom. The summed E-state index contributed by atoms with van der Waals surface area (Å²) in [6.07, 6.45) is -1.27. The van der Waals surface area contributed by atoms with Gasteiger partial charge in [-0.3, -0.25) is 19.7 Å². The van der Waals surface area contributed by atoms with Crippen LogP contribution in [-0.2, 0) is 9.53 Å². The third-order valence-corrected chi connectivity index (χ3v) is 4.11. The van der Waals surface area contributed by atoms with Crippen LogP contribution in [0.5, 0.6) is 11.5 Å². The number of hydrogen-bond donors (Lipinski definition) is 1. The van der Waals surface area contributed by atoms with Crippen LogP contribution < -0.4 is 14.8 Å². The highest BCUT2D eigenvalue weighted by molar-refractivity contribution is 6.00. The molecular weight excluding hydrogens is 396 g/mol. The smallest absolute Gasteiger partial charge is 0.346 e. The summed E-state index contributed by atoms with van der Waals surface area (Å²) in [5.41, 5.74) is -0.207. The number of ether oxygens (including phenoxy) is 3. The van der Waals surface area contributed by atoms with Gasteiger partial charge in [-0.1, -0.05) is 12.1 Å². The average molecular weight is 416 g/mol. The van der Waals surface area contributed by atoms with Crippen molar-refractivity contribution in [2.75, 3.05) is 19.5 Å². The first kappa shape index (κ1) is 22.3. The molecule has 0 fully saturated rings. The van der Waals surface area contributed by atoms with E-state index in [4.69, 9.17) is 14.2 Å². The molecule has 2 rings (SSSR count). The molecule has 0 bridgehead atoms. The van der Waals surface area contributed by atoms with Crippen LogP contribution in [0.15, 0.2) is 36.4 Å². The van der Waals surface area contributed by atoms with Gasteiger partial charge in [0.05, 0.1) is 25.2 Å². The number of Topliss-reactive ketones (excluding diaryl/α,β-unsaturated/α-hetero) is 1. The number of methoxy groups -OCH3 is 2. The lowest BCUT2D eigenvalue weighted by Crippen LogP contribution is -2.30. The van der Waals surface area contributed by atoms with E-state index in [2.05, 4.69) is 5.32 Å². The molecule has 158 valence electrons. The van der Waals surface area contributed by atoms with Crippen molar-refractivity contribution in [2.45, 2.75) is 20.0 Å². The summed E-state index contributed by atoms with van der Waals surface area (Å²) in [6, 6.07) is 8.38. The number of carbonyl (C=O) groups is 3. The quantitative estimate of drug-likeness (QED) is 0.300. The highest BCUT2D eigenvalue weighted by Gasteiger charge is 2.28. The normalized spacial score (nSPS) is 11.2. The van der Waals surface area contributed by atoms with Crippen LogP contribution in [0.2, 0.25) is 0 Å². The Morgan fingerprint density at radius 3 is 2.27 bits per heavy atom. The van der Waals surface area contributed by atoms with Crippen LogP contribution in [0.1, 0.15) is 34.6 Å². The van der Waals surface area contributed by atoms with Gasteiger partial charge in [-0.25, -0.2) is 4.79 Å². The molecule has 2 aromatic carbocycles. The Labute approximate surface area is 171 Å². The van der Waals surface area contributed by atoms with Gasteiger partial charge in [-0.2, -0.15) is 0 Å². The highest BCUT2D eigenvalue weighted by Crippen LogP contribution is 2.35. The third-order valence-electron chi connectivity index (χ3n) is 4.11. The molecule has 10 heteroatoms. The number of carbonyl (C=O) groups excluding carboxylic acids is 3. The Morgan fingerprint density at radius 2 is 1.70 bits per heavy atom. The van der Waals surface area contributed by atoms with Gasteiger partial charge in [0.25, 0.3) is 11.6 Å². The molecule has 10 nitrogen and oxygen atoms in total. The number of rotatable bonds is 8. The van der Waals surface area contributed by atoms with Gasteiger partial charge in [0.2, 0.25) is 0 Å². The van der Waals surface area contributed by atoms with E-state index in [0.717, 1.165) is 12.1 Å².